The van der Waals surface area contributed by atoms with E-state index in [1.807, 2.05) is 48.5 Å². The first kappa shape index (κ1) is 34.9. The molecule has 0 saturated heterocycles. The first-order valence-electron chi connectivity index (χ1n) is 21.5. The molecule has 0 spiro atoms. The normalized spacial score (nSPS) is 12.1. The molecule has 298 valence electrons. The fourth-order valence-corrected chi connectivity index (χ4v) is 10.2. The van der Waals surface area contributed by atoms with E-state index >= 15 is 0 Å². The summed E-state index contributed by atoms with van der Waals surface area (Å²) in [5.74, 6) is 1.70. The van der Waals surface area contributed by atoms with Crippen molar-refractivity contribution in [1.82, 2.24) is 28.7 Å². The van der Waals surface area contributed by atoms with Crippen LogP contribution in [0.5, 0.6) is 0 Å². The highest BCUT2D eigenvalue weighted by molar-refractivity contribution is 6.31. The minimum absolute atomic E-state index is 0.534. The van der Waals surface area contributed by atoms with Gasteiger partial charge in [0.15, 0.2) is 11.6 Å². The summed E-state index contributed by atoms with van der Waals surface area (Å²) in [5, 5.41) is 9.05. The standard InChI is InChI=1S/C57H34N6O/c1-3-17-35(18-4-1)55-58-56(36-31-32-51-43(33-36)40-23-11-16-30-50(40)64-51)60-57(59-55)63-47-29-15-9-24-41(47)52-48(63)34-49(62-44-26-12-7-21-38(44)39-22-8-13-27-45(39)62)54-53(52)42-25-10-14-28-46(42)61(54)37-19-5-2-6-20-37/h1-34H. The lowest BCUT2D eigenvalue weighted by Crippen LogP contribution is -2.07. The third kappa shape index (κ3) is 4.94. The van der Waals surface area contributed by atoms with Crippen molar-refractivity contribution in [3.05, 3.63) is 206 Å². The van der Waals surface area contributed by atoms with Crippen LogP contribution in [-0.4, -0.2) is 28.7 Å². The summed E-state index contributed by atoms with van der Waals surface area (Å²) in [4.78, 5) is 16.0. The van der Waals surface area contributed by atoms with Gasteiger partial charge in [-0.1, -0.05) is 140 Å². The SMILES string of the molecule is c1ccc(-c2nc(-c3ccc4oc5ccccc5c4c3)nc(-n3c4ccccc4c4c5c6ccccc6n(-c6ccccc6)c5c(-n5c6ccccc6c6ccccc65)cc43)n2)cc1. The number of hydrogen-bond acceptors (Lipinski definition) is 4. The van der Waals surface area contributed by atoms with Gasteiger partial charge in [-0.05, 0) is 66.7 Å². The second-order valence-corrected chi connectivity index (χ2v) is 16.4. The Bertz CT molecular complexity index is 4140. The van der Waals surface area contributed by atoms with Crippen molar-refractivity contribution in [3.8, 4) is 40.1 Å². The van der Waals surface area contributed by atoms with E-state index in [9.17, 15) is 0 Å². The van der Waals surface area contributed by atoms with Crippen LogP contribution in [0.2, 0.25) is 0 Å². The number of furan rings is 1. The van der Waals surface area contributed by atoms with Crippen molar-refractivity contribution in [2.75, 3.05) is 0 Å². The summed E-state index contributed by atoms with van der Waals surface area (Å²) in [6.07, 6.45) is 0. The molecule has 14 aromatic rings. The van der Waals surface area contributed by atoms with Crippen molar-refractivity contribution in [2.45, 2.75) is 0 Å². The van der Waals surface area contributed by atoms with Gasteiger partial charge in [-0.2, -0.15) is 9.97 Å². The Morgan fingerprint density at radius 1 is 0.328 bits per heavy atom. The monoisotopic (exact) mass is 818 g/mol. The molecular formula is C57H34N6O. The Balaban J connectivity index is 1.16. The largest absolute Gasteiger partial charge is 0.456 e. The molecule has 0 fully saturated rings. The molecule has 7 heteroatoms. The van der Waals surface area contributed by atoms with Gasteiger partial charge in [-0.3, -0.25) is 4.57 Å². The Morgan fingerprint density at radius 3 is 1.53 bits per heavy atom. The Labute approximate surface area is 365 Å². The predicted molar refractivity (Wildman–Crippen MR) is 261 cm³/mol. The minimum atomic E-state index is 0.534. The number of para-hydroxylation sites is 6. The first-order valence-corrected chi connectivity index (χ1v) is 21.5. The third-order valence-corrected chi connectivity index (χ3v) is 12.9. The van der Waals surface area contributed by atoms with Crippen molar-refractivity contribution in [3.63, 3.8) is 0 Å². The number of aromatic nitrogens is 6. The molecule has 14 rings (SSSR count). The zero-order chi connectivity index (χ0) is 41.9. The fraction of sp³-hybridized carbons (Fsp3) is 0. The van der Waals surface area contributed by atoms with Crippen LogP contribution < -0.4 is 0 Å². The van der Waals surface area contributed by atoms with Crippen molar-refractivity contribution >= 4 is 87.4 Å². The zero-order valence-corrected chi connectivity index (χ0v) is 34.2. The quantitative estimate of drug-likeness (QED) is 0.173. The Morgan fingerprint density at radius 2 is 0.844 bits per heavy atom. The molecule has 0 aliphatic heterocycles. The maximum absolute atomic E-state index is 6.25. The highest BCUT2D eigenvalue weighted by Crippen LogP contribution is 2.46. The van der Waals surface area contributed by atoms with Crippen LogP contribution >= 0.6 is 0 Å². The van der Waals surface area contributed by atoms with Gasteiger partial charge >= 0.3 is 0 Å². The van der Waals surface area contributed by atoms with Crippen LogP contribution in [0.15, 0.2) is 211 Å². The average Bonchev–Trinajstić information content (AvgIpc) is 4.10. The highest BCUT2D eigenvalue weighted by Gasteiger charge is 2.27. The summed E-state index contributed by atoms with van der Waals surface area (Å²) >= 11 is 0. The molecule has 5 aromatic heterocycles. The molecule has 0 saturated carbocycles. The van der Waals surface area contributed by atoms with Crippen LogP contribution in [-0.2, 0) is 0 Å². The second kappa shape index (κ2) is 13.3. The summed E-state index contributed by atoms with van der Waals surface area (Å²) in [6.45, 7) is 0. The van der Waals surface area contributed by atoms with Crippen LogP contribution in [0.4, 0.5) is 0 Å². The summed E-state index contributed by atoms with van der Waals surface area (Å²) in [6, 6.07) is 72.6. The van der Waals surface area contributed by atoms with Gasteiger partial charge in [-0.25, -0.2) is 4.98 Å². The number of fused-ring (bicyclic) bond motifs is 13. The number of rotatable bonds is 5. The lowest BCUT2D eigenvalue weighted by Gasteiger charge is -2.16. The van der Waals surface area contributed by atoms with E-state index in [-0.39, 0.29) is 0 Å². The maximum atomic E-state index is 6.25. The third-order valence-electron chi connectivity index (χ3n) is 12.9. The average molecular weight is 819 g/mol. The predicted octanol–water partition coefficient (Wildman–Crippen LogP) is 14.4. The van der Waals surface area contributed by atoms with Crippen LogP contribution in [0.3, 0.4) is 0 Å². The summed E-state index contributed by atoms with van der Waals surface area (Å²) < 4.78 is 13.4. The Hall–Kier alpha value is -8.81. The lowest BCUT2D eigenvalue weighted by molar-refractivity contribution is 0.669. The molecule has 0 atom stereocenters. The fourth-order valence-electron chi connectivity index (χ4n) is 10.2. The topological polar surface area (TPSA) is 66.6 Å². The molecule has 7 nitrogen and oxygen atoms in total. The smallest absolute Gasteiger partial charge is 0.238 e. The van der Waals surface area contributed by atoms with Gasteiger partial charge in [0, 0.05) is 59.9 Å². The summed E-state index contributed by atoms with van der Waals surface area (Å²) in [5.41, 5.74) is 12.1. The molecule has 5 heterocycles. The molecule has 0 N–H and O–H groups in total. The molecule has 0 radical (unpaired) electrons. The van der Waals surface area contributed by atoms with Gasteiger partial charge in [-0.15, -0.1) is 0 Å². The molecule has 0 amide bonds. The van der Waals surface area contributed by atoms with E-state index in [2.05, 4.69) is 171 Å². The Kier molecular flexibility index (Phi) is 7.27. The van der Waals surface area contributed by atoms with Gasteiger partial charge in [0.2, 0.25) is 5.95 Å². The van der Waals surface area contributed by atoms with E-state index < -0.39 is 0 Å². The van der Waals surface area contributed by atoms with E-state index in [0.717, 1.165) is 88.3 Å². The minimum Gasteiger partial charge on any atom is -0.456 e. The van der Waals surface area contributed by atoms with Gasteiger partial charge in [0.1, 0.15) is 11.2 Å². The van der Waals surface area contributed by atoms with E-state index in [0.29, 0.717) is 17.6 Å². The van der Waals surface area contributed by atoms with Crippen LogP contribution in [0.25, 0.3) is 127 Å². The highest BCUT2D eigenvalue weighted by atomic mass is 16.3. The molecule has 0 aliphatic rings. The van der Waals surface area contributed by atoms with E-state index in [1.54, 1.807) is 0 Å². The maximum Gasteiger partial charge on any atom is 0.238 e. The summed E-state index contributed by atoms with van der Waals surface area (Å²) in [7, 11) is 0. The van der Waals surface area contributed by atoms with Crippen LogP contribution in [0.1, 0.15) is 0 Å². The molecule has 9 aromatic carbocycles. The number of benzene rings is 9. The first-order chi connectivity index (χ1) is 31.8. The second-order valence-electron chi connectivity index (χ2n) is 16.4. The molecular weight excluding hydrogens is 785 g/mol. The van der Waals surface area contributed by atoms with E-state index in [1.165, 1.54) is 21.5 Å². The molecule has 0 bridgehead atoms. The molecule has 0 aliphatic carbocycles. The zero-order valence-electron chi connectivity index (χ0n) is 34.2. The van der Waals surface area contributed by atoms with Gasteiger partial charge < -0.3 is 13.6 Å². The van der Waals surface area contributed by atoms with Gasteiger partial charge in [0.25, 0.3) is 0 Å². The lowest BCUT2D eigenvalue weighted by atomic mass is 10.0. The van der Waals surface area contributed by atoms with Crippen LogP contribution in [0, 0.1) is 0 Å². The van der Waals surface area contributed by atoms with E-state index in [4.69, 9.17) is 19.4 Å². The van der Waals surface area contributed by atoms with Crippen molar-refractivity contribution in [1.29, 1.82) is 0 Å². The van der Waals surface area contributed by atoms with Crippen molar-refractivity contribution in [2.24, 2.45) is 0 Å². The molecule has 64 heavy (non-hydrogen) atoms. The van der Waals surface area contributed by atoms with Crippen molar-refractivity contribution < 1.29 is 4.42 Å². The molecule has 0 unspecified atom stereocenters. The van der Waals surface area contributed by atoms with Gasteiger partial charge in [0.05, 0.1) is 38.8 Å². The number of nitrogens with zero attached hydrogens (tertiary/aromatic N) is 6. The number of hydrogen-bond donors (Lipinski definition) is 0.